The number of guanidine groups is 1. The molecule has 4 N–H and O–H groups in total. The SMILES string of the molecule is Cc1ccc(OCC=NN=C(N)N)cc1C. The zero-order valence-corrected chi connectivity index (χ0v) is 9.47. The van der Waals surface area contributed by atoms with Crippen LogP contribution in [0.2, 0.25) is 0 Å². The van der Waals surface area contributed by atoms with Crippen LogP contribution in [0.4, 0.5) is 0 Å². The molecule has 5 nitrogen and oxygen atoms in total. The lowest BCUT2D eigenvalue weighted by atomic mass is 10.1. The largest absolute Gasteiger partial charge is 0.488 e. The molecule has 1 rings (SSSR count). The van der Waals surface area contributed by atoms with Crippen molar-refractivity contribution in [2.45, 2.75) is 13.8 Å². The second kappa shape index (κ2) is 5.75. The summed E-state index contributed by atoms with van der Waals surface area (Å²) in [4.78, 5) is 0. The number of aryl methyl sites for hydroxylation is 2. The minimum Gasteiger partial charge on any atom is -0.488 e. The molecule has 0 saturated heterocycles. The van der Waals surface area contributed by atoms with Crippen LogP contribution in [0, 0.1) is 13.8 Å². The fourth-order valence-electron chi connectivity index (χ4n) is 1.08. The molecule has 0 heterocycles. The third-order valence-electron chi connectivity index (χ3n) is 2.06. The van der Waals surface area contributed by atoms with Crippen molar-refractivity contribution < 1.29 is 4.74 Å². The van der Waals surface area contributed by atoms with E-state index < -0.39 is 0 Å². The van der Waals surface area contributed by atoms with Gasteiger partial charge in [0.2, 0.25) is 5.96 Å². The second-order valence-electron chi connectivity index (χ2n) is 3.38. The number of nitrogens with two attached hydrogens (primary N) is 2. The lowest BCUT2D eigenvalue weighted by molar-refractivity contribution is 0.380. The monoisotopic (exact) mass is 220 g/mol. The van der Waals surface area contributed by atoms with Gasteiger partial charge in [0.25, 0.3) is 0 Å². The van der Waals surface area contributed by atoms with Gasteiger partial charge >= 0.3 is 0 Å². The molecule has 0 saturated carbocycles. The number of hydrogen-bond acceptors (Lipinski definition) is 3. The molecule has 0 bridgehead atoms. The van der Waals surface area contributed by atoms with Crippen LogP contribution in [0.3, 0.4) is 0 Å². The van der Waals surface area contributed by atoms with Crippen LogP contribution in [-0.2, 0) is 0 Å². The average Bonchev–Trinajstić information content (AvgIpc) is 2.22. The molecule has 5 heteroatoms. The summed E-state index contributed by atoms with van der Waals surface area (Å²) in [7, 11) is 0. The van der Waals surface area contributed by atoms with E-state index in [2.05, 4.69) is 17.1 Å². The summed E-state index contributed by atoms with van der Waals surface area (Å²) < 4.78 is 5.42. The predicted octanol–water partition coefficient (Wildman–Crippen LogP) is 0.941. The Hall–Kier alpha value is -2.04. The van der Waals surface area contributed by atoms with E-state index in [1.165, 1.54) is 17.3 Å². The van der Waals surface area contributed by atoms with Gasteiger partial charge in [0, 0.05) is 0 Å². The van der Waals surface area contributed by atoms with Gasteiger partial charge in [-0.1, -0.05) is 6.07 Å². The Kier molecular flexibility index (Phi) is 4.32. The quantitative estimate of drug-likeness (QED) is 0.450. The highest BCUT2D eigenvalue weighted by molar-refractivity contribution is 5.76. The van der Waals surface area contributed by atoms with Crippen LogP contribution >= 0.6 is 0 Å². The van der Waals surface area contributed by atoms with Gasteiger partial charge in [-0.2, -0.15) is 5.10 Å². The summed E-state index contributed by atoms with van der Waals surface area (Å²) >= 11 is 0. The third kappa shape index (κ3) is 4.00. The zero-order chi connectivity index (χ0) is 12.0. The van der Waals surface area contributed by atoms with Gasteiger partial charge in [-0.25, -0.2) is 0 Å². The lowest BCUT2D eigenvalue weighted by Gasteiger charge is -2.05. The normalized spacial score (nSPS) is 10.4. The van der Waals surface area contributed by atoms with Crippen LogP contribution in [0.5, 0.6) is 5.75 Å². The van der Waals surface area contributed by atoms with Crippen molar-refractivity contribution in [3.05, 3.63) is 29.3 Å². The van der Waals surface area contributed by atoms with Crippen LogP contribution in [0.25, 0.3) is 0 Å². The molecule has 1 aromatic rings. The molecule has 0 aliphatic heterocycles. The van der Waals surface area contributed by atoms with Crippen molar-refractivity contribution in [3.63, 3.8) is 0 Å². The number of hydrogen-bond donors (Lipinski definition) is 2. The van der Waals surface area contributed by atoms with Gasteiger partial charge in [-0.05, 0) is 37.1 Å². The van der Waals surface area contributed by atoms with Crippen molar-refractivity contribution >= 4 is 12.2 Å². The Morgan fingerprint density at radius 3 is 2.69 bits per heavy atom. The molecule has 0 unspecified atom stereocenters. The lowest BCUT2D eigenvalue weighted by Crippen LogP contribution is -2.21. The van der Waals surface area contributed by atoms with Crippen molar-refractivity contribution in [2.75, 3.05) is 6.61 Å². The third-order valence-corrected chi connectivity index (χ3v) is 2.06. The van der Waals surface area contributed by atoms with Gasteiger partial charge in [-0.3, -0.25) is 0 Å². The smallest absolute Gasteiger partial charge is 0.211 e. The van der Waals surface area contributed by atoms with Gasteiger partial charge in [0.15, 0.2) is 0 Å². The van der Waals surface area contributed by atoms with E-state index >= 15 is 0 Å². The van der Waals surface area contributed by atoms with E-state index in [1.807, 2.05) is 25.1 Å². The maximum atomic E-state index is 5.42. The predicted molar refractivity (Wildman–Crippen MR) is 65.7 cm³/mol. The molecule has 0 spiro atoms. The van der Waals surface area contributed by atoms with Crippen molar-refractivity contribution in [1.29, 1.82) is 0 Å². The van der Waals surface area contributed by atoms with Gasteiger partial charge in [0.05, 0.1) is 6.21 Å². The minimum absolute atomic E-state index is 0.0672. The van der Waals surface area contributed by atoms with Crippen molar-refractivity contribution in [3.8, 4) is 5.75 Å². The second-order valence-corrected chi connectivity index (χ2v) is 3.38. The molecule has 0 aliphatic carbocycles. The van der Waals surface area contributed by atoms with E-state index in [0.717, 1.165) is 5.75 Å². The summed E-state index contributed by atoms with van der Waals surface area (Å²) in [6.07, 6.45) is 1.49. The molecule has 0 radical (unpaired) electrons. The summed E-state index contributed by atoms with van der Waals surface area (Å²) in [5.41, 5.74) is 12.6. The number of benzene rings is 1. The Bertz CT molecular complexity index is 408. The molecule has 16 heavy (non-hydrogen) atoms. The van der Waals surface area contributed by atoms with E-state index in [-0.39, 0.29) is 5.96 Å². The molecule has 0 aliphatic rings. The maximum absolute atomic E-state index is 5.42. The van der Waals surface area contributed by atoms with Gasteiger partial charge in [0.1, 0.15) is 12.4 Å². The summed E-state index contributed by atoms with van der Waals surface area (Å²) in [5, 5.41) is 7.06. The summed E-state index contributed by atoms with van der Waals surface area (Å²) in [5.74, 6) is 0.738. The molecule has 0 atom stereocenters. The maximum Gasteiger partial charge on any atom is 0.211 e. The first-order valence-corrected chi connectivity index (χ1v) is 4.90. The van der Waals surface area contributed by atoms with Crippen LogP contribution in [-0.4, -0.2) is 18.8 Å². The molecule has 0 amide bonds. The standard InChI is InChI=1S/C11H16N4O/c1-8-3-4-10(7-9(8)2)16-6-5-14-15-11(12)13/h3-5,7H,6H2,1-2H3,(H4,12,13,15). The van der Waals surface area contributed by atoms with E-state index in [1.54, 1.807) is 0 Å². The molecule has 1 aromatic carbocycles. The zero-order valence-electron chi connectivity index (χ0n) is 9.47. The summed E-state index contributed by atoms with van der Waals surface area (Å²) in [6, 6.07) is 5.90. The Balaban J connectivity index is 2.46. The Labute approximate surface area is 94.8 Å². The molecule has 0 aromatic heterocycles. The molecular weight excluding hydrogens is 204 g/mol. The van der Waals surface area contributed by atoms with E-state index in [9.17, 15) is 0 Å². The first-order chi connectivity index (χ1) is 7.59. The molecular formula is C11H16N4O. The highest BCUT2D eigenvalue weighted by atomic mass is 16.5. The van der Waals surface area contributed by atoms with Crippen molar-refractivity contribution in [2.24, 2.45) is 21.7 Å². The van der Waals surface area contributed by atoms with E-state index in [4.69, 9.17) is 16.2 Å². The minimum atomic E-state index is -0.0672. The van der Waals surface area contributed by atoms with Gasteiger partial charge in [-0.15, -0.1) is 5.10 Å². The van der Waals surface area contributed by atoms with Gasteiger partial charge < -0.3 is 16.2 Å². The topological polar surface area (TPSA) is 86.0 Å². The fraction of sp³-hybridized carbons (Fsp3) is 0.273. The van der Waals surface area contributed by atoms with Crippen LogP contribution in [0.1, 0.15) is 11.1 Å². The Morgan fingerprint density at radius 2 is 2.06 bits per heavy atom. The first-order valence-electron chi connectivity index (χ1n) is 4.90. The highest BCUT2D eigenvalue weighted by Crippen LogP contribution is 2.15. The first kappa shape index (κ1) is 12.0. The highest BCUT2D eigenvalue weighted by Gasteiger charge is 1.95. The average molecular weight is 220 g/mol. The molecule has 0 fully saturated rings. The Morgan fingerprint density at radius 1 is 1.31 bits per heavy atom. The number of ether oxygens (including phenoxy) is 1. The van der Waals surface area contributed by atoms with E-state index in [0.29, 0.717) is 6.61 Å². The fourth-order valence-corrected chi connectivity index (χ4v) is 1.08. The van der Waals surface area contributed by atoms with Crippen LogP contribution < -0.4 is 16.2 Å². The van der Waals surface area contributed by atoms with Crippen LogP contribution in [0.15, 0.2) is 28.4 Å². The molecule has 86 valence electrons. The number of rotatable bonds is 4. The van der Waals surface area contributed by atoms with Crippen molar-refractivity contribution in [1.82, 2.24) is 0 Å². The number of nitrogens with zero attached hydrogens (tertiary/aromatic N) is 2. The summed E-state index contributed by atoms with van der Waals surface area (Å²) in [6.45, 7) is 4.42.